The Morgan fingerprint density at radius 1 is 0.722 bits per heavy atom. The van der Waals surface area contributed by atoms with Crippen LogP contribution in [-0.2, 0) is 13.7 Å². The van der Waals surface area contributed by atoms with E-state index in [4.69, 9.17) is 29.4 Å². The van der Waals surface area contributed by atoms with E-state index in [1.165, 1.54) is 0 Å². The molecule has 0 heterocycles. The van der Waals surface area contributed by atoms with Crippen molar-refractivity contribution in [1.29, 1.82) is 0 Å². The van der Waals surface area contributed by atoms with Gasteiger partial charge in [-0.2, -0.15) is 0 Å². The third kappa shape index (κ3) is 12.7. The Morgan fingerprint density at radius 3 is 1.00 bits per heavy atom. The molecule has 0 atom stereocenters. The summed E-state index contributed by atoms with van der Waals surface area (Å²) in [6.45, 7) is 0. The molecule has 0 aromatic rings. The van der Waals surface area contributed by atoms with Crippen LogP contribution in [0.4, 0.5) is 0 Å². The van der Waals surface area contributed by atoms with Crippen molar-refractivity contribution in [3.8, 4) is 0 Å². The quantitative estimate of drug-likeness (QED) is 0.139. The van der Waals surface area contributed by atoms with Crippen molar-refractivity contribution < 1.29 is 47.7 Å². The molecule has 0 fully saturated rings. The molecule has 0 spiro atoms. The van der Waals surface area contributed by atoms with Gasteiger partial charge in [0.25, 0.3) is 0 Å². The number of hydrogen-bond acceptors (Lipinski definition) is 4. The molecule has 106 valence electrons. The molecule has 0 rings (SSSR count). The second-order valence-electron chi connectivity index (χ2n) is 3.48. The van der Waals surface area contributed by atoms with E-state index >= 15 is 0 Å². The van der Waals surface area contributed by atoms with Crippen LogP contribution in [0.15, 0.2) is 0 Å². The van der Waals surface area contributed by atoms with Crippen LogP contribution in [0.25, 0.3) is 0 Å². The smallest absolute Gasteiger partial charge is 0.379 e. The van der Waals surface area contributed by atoms with Crippen LogP contribution in [0.2, 0.25) is 0 Å². The molecule has 0 aromatic heterocycles. The molecular formula is C3H12CaNO10P3. The van der Waals surface area contributed by atoms with Crippen molar-refractivity contribution in [3.05, 3.63) is 5.21 Å². The summed E-state index contributed by atoms with van der Waals surface area (Å²) in [4.78, 5) is 51.2. The van der Waals surface area contributed by atoms with E-state index in [-0.39, 0.29) is 37.7 Å². The maximum Gasteiger partial charge on any atom is 0.379 e. The van der Waals surface area contributed by atoms with E-state index in [1.807, 2.05) is 0 Å². The summed E-state index contributed by atoms with van der Waals surface area (Å²) < 4.78 is 29.4. The van der Waals surface area contributed by atoms with Crippen LogP contribution < -0.4 is 0 Å². The zero-order valence-electron chi connectivity index (χ0n) is 8.93. The summed E-state index contributed by atoms with van der Waals surface area (Å²) >= 11 is 0. The molecule has 0 aromatic carbocycles. The van der Waals surface area contributed by atoms with Crippen molar-refractivity contribution >= 4 is 60.5 Å². The van der Waals surface area contributed by atoms with Crippen molar-refractivity contribution in [2.75, 3.05) is 18.9 Å². The van der Waals surface area contributed by atoms with Crippen LogP contribution in [-0.4, -0.2) is 90.6 Å². The number of quaternary nitrogens is 1. The van der Waals surface area contributed by atoms with Gasteiger partial charge in [-0.1, -0.05) is 0 Å². The van der Waals surface area contributed by atoms with Gasteiger partial charge in [0.15, 0.2) is 18.9 Å². The second kappa shape index (κ2) is 7.06. The average molecular weight is 355 g/mol. The SMILES string of the molecule is O=P(O)(O)C[N+]([O-])(CP(=O)(O)O)CP(=O)(O)O.[Ca]. The topological polar surface area (TPSA) is 196 Å². The van der Waals surface area contributed by atoms with Crippen molar-refractivity contribution in [1.82, 2.24) is 0 Å². The Labute approximate surface area is 131 Å². The minimum Gasteiger partial charge on any atom is -0.631 e. The Kier molecular flexibility index (Phi) is 8.60. The summed E-state index contributed by atoms with van der Waals surface area (Å²) in [5, 5.41) is 11.6. The fraction of sp³-hybridized carbons (Fsp3) is 1.00. The van der Waals surface area contributed by atoms with Gasteiger partial charge in [-0.15, -0.1) is 0 Å². The molecular weight excluding hydrogens is 343 g/mol. The molecule has 0 aliphatic heterocycles. The molecule has 0 saturated carbocycles. The predicted molar refractivity (Wildman–Crippen MR) is 60.1 cm³/mol. The predicted octanol–water partition coefficient (Wildman–Crippen LogP) is -1.67. The first-order valence-electron chi connectivity index (χ1n) is 3.83. The third-order valence-corrected chi connectivity index (χ3v) is 3.98. The molecule has 11 nitrogen and oxygen atoms in total. The van der Waals surface area contributed by atoms with Crippen molar-refractivity contribution in [3.63, 3.8) is 0 Å². The van der Waals surface area contributed by atoms with Gasteiger partial charge >= 0.3 is 22.8 Å². The molecule has 18 heavy (non-hydrogen) atoms. The van der Waals surface area contributed by atoms with Gasteiger partial charge in [-0.3, -0.25) is 13.7 Å². The van der Waals surface area contributed by atoms with Gasteiger partial charge in [0.1, 0.15) is 0 Å². The summed E-state index contributed by atoms with van der Waals surface area (Å²) in [6, 6.07) is 0. The number of nitrogens with zero attached hydrogens (tertiary/aromatic N) is 1. The number of hydroxylamine groups is 3. The molecule has 0 bridgehead atoms. The maximum absolute atomic E-state index is 11.6. The molecule has 15 heteroatoms. The normalized spacial score (nSPS) is 14.2. The largest absolute Gasteiger partial charge is 0.631 e. The number of rotatable bonds is 6. The van der Waals surface area contributed by atoms with Gasteiger partial charge < -0.3 is 39.2 Å². The van der Waals surface area contributed by atoms with E-state index in [2.05, 4.69) is 0 Å². The van der Waals surface area contributed by atoms with E-state index < -0.39 is 46.3 Å². The van der Waals surface area contributed by atoms with Crippen LogP contribution >= 0.6 is 22.8 Å². The molecule has 0 aliphatic rings. The molecule has 0 unspecified atom stereocenters. The summed E-state index contributed by atoms with van der Waals surface area (Å²) in [5.74, 6) is 0. The van der Waals surface area contributed by atoms with E-state index in [0.29, 0.717) is 0 Å². The van der Waals surface area contributed by atoms with Crippen molar-refractivity contribution in [2.24, 2.45) is 0 Å². The third-order valence-electron chi connectivity index (χ3n) is 1.33. The zero-order valence-corrected chi connectivity index (χ0v) is 13.8. The van der Waals surface area contributed by atoms with E-state index in [0.717, 1.165) is 0 Å². The van der Waals surface area contributed by atoms with Gasteiger partial charge in [-0.05, 0) is 0 Å². The second-order valence-corrected chi connectivity index (χ2v) is 8.31. The first-order chi connectivity index (χ1) is 7.12. The van der Waals surface area contributed by atoms with Crippen molar-refractivity contribution in [2.45, 2.75) is 0 Å². The van der Waals surface area contributed by atoms with E-state index in [9.17, 15) is 18.9 Å². The Bertz CT molecular complexity index is 347. The first-order valence-corrected chi connectivity index (χ1v) is 9.22. The fourth-order valence-electron chi connectivity index (χ4n) is 1.14. The Balaban J connectivity index is 0. The van der Waals surface area contributed by atoms with E-state index in [1.54, 1.807) is 0 Å². The molecule has 0 amide bonds. The van der Waals surface area contributed by atoms with Crippen LogP contribution in [0.3, 0.4) is 0 Å². The van der Waals surface area contributed by atoms with Gasteiger partial charge in [0.2, 0.25) is 0 Å². The monoisotopic (exact) mass is 355 g/mol. The standard InChI is InChI=1S/C3H12NO10P3.Ca/c5-4(1-15(6,7)8,2-16(9,10)11)3-17(12,13)14;/h1-3H2,(H2,6,7,8)(H2,9,10,11)(H2,12,13,14);. The average Bonchev–Trinajstić information content (AvgIpc) is 1.65. The van der Waals surface area contributed by atoms with Gasteiger partial charge in [0.05, 0.1) is 0 Å². The summed E-state index contributed by atoms with van der Waals surface area (Å²) in [6.07, 6.45) is -4.87. The Hall–Kier alpha value is 1.63. The fourth-order valence-corrected chi connectivity index (χ4v) is 4.23. The van der Waals surface area contributed by atoms with Gasteiger partial charge in [0, 0.05) is 37.7 Å². The van der Waals surface area contributed by atoms with Crippen LogP contribution in [0.5, 0.6) is 0 Å². The Morgan fingerprint density at radius 2 is 0.889 bits per heavy atom. The first kappa shape index (κ1) is 21.9. The number of hydrogen-bond donors (Lipinski definition) is 6. The van der Waals surface area contributed by atoms with Gasteiger partial charge in [-0.25, -0.2) is 0 Å². The maximum atomic E-state index is 11.6. The molecule has 6 N–H and O–H groups in total. The minimum absolute atomic E-state index is 0. The minimum atomic E-state index is -4.99. The summed E-state index contributed by atoms with van der Waals surface area (Å²) in [7, 11) is -15.0. The summed E-state index contributed by atoms with van der Waals surface area (Å²) in [5.41, 5.74) is 0. The molecule has 0 aliphatic carbocycles. The van der Waals surface area contributed by atoms with Crippen LogP contribution in [0, 0.1) is 5.21 Å². The molecule has 0 saturated heterocycles. The van der Waals surface area contributed by atoms with Crippen LogP contribution in [0.1, 0.15) is 0 Å². The zero-order chi connectivity index (χ0) is 14.1. The molecule has 2 radical (unpaired) electrons.